The molecule has 0 aliphatic heterocycles. The molecule has 0 heterocycles. The fourth-order valence-electron chi connectivity index (χ4n) is 4.06. The van der Waals surface area contributed by atoms with Crippen LogP contribution in [0, 0.1) is 6.92 Å². The molecular weight excluding hydrogens is 436 g/mol. The molecule has 5 nitrogen and oxygen atoms in total. The van der Waals surface area contributed by atoms with Crippen LogP contribution in [0.2, 0.25) is 0 Å². The van der Waals surface area contributed by atoms with Gasteiger partial charge in [-0.1, -0.05) is 42.8 Å². The Morgan fingerprint density at radius 3 is 2.06 bits per heavy atom. The van der Waals surface area contributed by atoms with Crippen LogP contribution in [0.15, 0.2) is 66.2 Å². The van der Waals surface area contributed by atoms with Gasteiger partial charge in [0.15, 0.2) is 0 Å². The molecule has 0 saturated carbocycles. The van der Waals surface area contributed by atoms with Crippen LogP contribution < -0.4 is 15.4 Å². The van der Waals surface area contributed by atoms with E-state index in [4.69, 9.17) is 9.47 Å². The monoisotopic (exact) mass is 472 g/mol. The SMILES string of the molecule is CCCNc1ccc(-c2cc(OC)c(-c3ccc(NCC=C(C)C)cc3)c(C)c2C(=O)OC)cc1. The first-order chi connectivity index (χ1) is 16.9. The Morgan fingerprint density at radius 1 is 0.914 bits per heavy atom. The first kappa shape index (κ1) is 25.9. The Labute approximate surface area is 209 Å². The van der Waals surface area contributed by atoms with Crippen molar-refractivity contribution in [1.29, 1.82) is 0 Å². The van der Waals surface area contributed by atoms with Gasteiger partial charge >= 0.3 is 5.97 Å². The minimum absolute atomic E-state index is 0.366. The summed E-state index contributed by atoms with van der Waals surface area (Å²) < 4.78 is 11.0. The molecule has 184 valence electrons. The molecule has 2 N–H and O–H groups in total. The quantitative estimate of drug-likeness (QED) is 0.239. The summed E-state index contributed by atoms with van der Waals surface area (Å²) in [5, 5.41) is 6.78. The molecule has 0 aliphatic carbocycles. The zero-order chi connectivity index (χ0) is 25.4. The minimum Gasteiger partial charge on any atom is -0.496 e. The lowest BCUT2D eigenvalue weighted by molar-refractivity contribution is 0.0601. The summed E-state index contributed by atoms with van der Waals surface area (Å²) in [6, 6.07) is 18.2. The number of esters is 1. The number of hydrogen-bond donors (Lipinski definition) is 2. The standard InChI is InChI=1S/C30H36N2O3/c1-7-17-31-24-12-8-22(9-13-24)26-19-27(34-5)28(21(4)29(26)30(33)35-6)23-10-14-25(15-11-23)32-18-16-20(2)3/h8-16,19,31-32H,7,17-18H2,1-6H3. The van der Waals surface area contributed by atoms with Crippen molar-refractivity contribution in [2.75, 3.05) is 37.9 Å². The van der Waals surface area contributed by atoms with Crippen LogP contribution in [-0.4, -0.2) is 33.3 Å². The summed E-state index contributed by atoms with van der Waals surface area (Å²) in [5.74, 6) is 0.346. The Bertz CT molecular complexity index is 1180. The molecule has 0 unspecified atom stereocenters. The van der Waals surface area contributed by atoms with Crippen molar-refractivity contribution in [2.45, 2.75) is 34.1 Å². The molecule has 0 atom stereocenters. The number of carbonyl (C=O) groups excluding carboxylic acids is 1. The second-order valence-electron chi connectivity index (χ2n) is 8.74. The summed E-state index contributed by atoms with van der Waals surface area (Å²) in [4.78, 5) is 13.0. The first-order valence-electron chi connectivity index (χ1n) is 12.0. The highest BCUT2D eigenvalue weighted by molar-refractivity contribution is 6.02. The third-order valence-corrected chi connectivity index (χ3v) is 5.92. The van der Waals surface area contributed by atoms with Crippen molar-refractivity contribution in [3.05, 3.63) is 77.4 Å². The van der Waals surface area contributed by atoms with Gasteiger partial charge < -0.3 is 20.1 Å². The van der Waals surface area contributed by atoms with E-state index < -0.39 is 0 Å². The highest BCUT2D eigenvalue weighted by Gasteiger charge is 2.23. The van der Waals surface area contributed by atoms with Gasteiger partial charge in [0, 0.05) is 35.6 Å². The zero-order valence-electron chi connectivity index (χ0n) is 21.6. The van der Waals surface area contributed by atoms with Crippen LogP contribution >= 0.6 is 0 Å². The van der Waals surface area contributed by atoms with Crippen LogP contribution in [-0.2, 0) is 4.74 Å². The zero-order valence-corrected chi connectivity index (χ0v) is 21.6. The third-order valence-electron chi connectivity index (χ3n) is 5.92. The van der Waals surface area contributed by atoms with Crippen molar-refractivity contribution in [3.63, 3.8) is 0 Å². The van der Waals surface area contributed by atoms with Gasteiger partial charge in [-0.2, -0.15) is 0 Å². The summed E-state index contributed by atoms with van der Waals surface area (Å²) in [7, 11) is 3.08. The largest absolute Gasteiger partial charge is 0.496 e. The van der Waals surface area contributed by atoms with Crippen molar-refractivity contribution in [3.8, 4) is 28.0 Å². The topological polar surface area (TPSA) is 59.6 Å². The van der Waals surface area contributed by atoms with Crippen LogP contribution in [0.25, 0.3) is 22.3 Å². The van der Waals surface area contributed by atoms with Crippen molar-refractivity contribution < 1.29 is 14.3 Å². The minimum atomic E-state index is -0.366. The lowest BCUT2D eigenvalue weighted by Crippen LogP contribution is -2.09. The van der Waals surface area contributed by atoms with Gasteiger partial charge in [-0.3, -0.25) is 0 Å². The summed E-state index contributed by atoms with van der Waals surface area (Å²) in [5.41, 5.74) is 8.30. The molecule has 0 radical (unpaired) electrons. The van der Waals surface area contributed by atoms with E-state index >= 15 is 0 Å². The van der Waals surface area contributed by atoms with E-state index in [1.807, 2.05) is 61.5 Å². The molecule has 5 heteroatoms. The van der Waals surface area contributed by atoms with Gasteiger partial charge in [0.1, 0.15) is 5.75 Å². The van der Waals surface area contributed by atoms with Gasteiger partial charge in [-0.05, 0) is 74.2 Å². The van der Waals surface area contributed by atoms with E-state index in [-0.39, 0.29) is 5.97 Å². The third kappa shape index (κ3) is 6.24. The number of hydrogen-bond acceptors (Lipinski definition) is 5. The number of rotatable bonds is 10. The maximum atomic E-state index is 13.0. The van der Waals surface area contributed by atoms with E-state index in [9.17, 15) is 4.79 Å². The number of carbonyl (C=O) groups is 1. The lowest BCUT2D eigenvalue weighted by Gasteiger charge is -2.19. The fraction of sp³-hybridized carbons (Fsp3) is 0.300. The molecule has 0 aliphatic rings. The fourth-order valence-corrected chi connectivity index (χ4v) is 4.06. The number of methoxy groups -OCH3 is 2. The smallest absolute Gasteiger partial charge is 0.338 e. The molecule has 0 aromatic heterocycles. The molecule has 0 saturated heterocycles. The summed E-state index contributed by atoms with van der Waals surface area (Å²) in [6.45, 7) is 9.94. The van der Waals surface area contributed by atoms with Gasteiger partial charge in [-0.15, -0.1) is 0 Å². The Hall–Kier alpha value is -3.73. The Kier molecular flexibility index (Phi) is 8.96. The van der Waals surface area contributed by atoms with E-state index in [2.05, 4.69) is 37.5 Å². The lowest BCUT2D eigenvalue weighted by atomic mass is 9.88. The molecule has 0 fully saturated rings. The maximum absolute atomic E-state index is 13.0. The predicted octanol–water partition coefficient (Wildman–Crippen LogP) is 7.32. The normalized spacial score (nSPS) is 10.5. The molecule has 3 aromatic rings. The highest BCUT2D eigenvalue weighted by Crippen LogP contribution is 2.41. The highest BCUT2D eigenvalue weighted by atomic mass is 16.5. The van der Waals surface area contributed by atoms with Crippen molar-refractivity contribution in [1.82, 2.24) is 0 Å². The van der Waals surface area contributed by atoms with Crippen LogP contribution in [0.4, 0.5) is 11.4 Å². The van der Waals surface area contributed by atoms with E-state index in [0.717, 1.165) is 58.7 Å². The van der Waals surface area contributed by atoms with Crippen LogP contribution in [0.5, 0.6) is 5.75 Å². The maximum Gasteiger partial charge on any atom is 0.338 e. The van der Waals surface area contributed by atoms with E-state index in [1.165, 1.54) is 12.7 Å². The van der Waals surface area contributed by atoms with Gasteiger partial charge in [0.25, 0.3) is 0 Å². The van der Waals surface area contributed by atoms with Gasteiger partial charge in [-0.25, -0.2) is 4.79 Å². The predicted molar refractivity (Wildman–Crippen MR) is 147 cm³/mol. The average molecular weight is 473 g/mol. The number of anilines is 2. The number of ether oxygens (including phenoxy) is 2. The first-order valence-corrected chi connectivity index (χ1v) is 12.0. The Balaban J connectivity index is 2.06. The second-order valence-corrected chi connectivity index (χ2v) is 8.74. The molecule has 3 rings (SSSR count). The molecule has 0 spiro atoms. The van der Waals surface area contributed by atoms with Crippen molar-refractivity contribution >= 4 is 17.3 Å². The molecular formula is C30H36N2O3. The van der Waals surface area contributed by atoms with Gasteiger partial charge in [0.2, 0.25) is 0 Å². The summed E-state index contributed by atoms with van der Waals surface area (Å²) >= 11 is 0. The van der Waals surface area contributed by atoms with Crippen molar-refractivity contribution in [2.24, 2.45) is 0 Å². The summed E-state index contributed by atoms with van der Waals surface area (Å²) in [6.07, 6.45) is 3.20. The average Bonchev–Trinajstić information content (AvgIpc) is 2.87. The van der Waals surface area contributed by atoms with Gasteiger partial charge in [0.05, 0.1) is 19.8 Å². The number of benzene rings is 3. The molecule has 3 aromatic carbocycles. The van der Waals surface area contributed by atoms with E-state index in [0.29, 0.717) is 11.3 Å². The Morgan fingerprint density at radius 2 is 1.51 bits per heavy atom. The van der Waals surface area contributed by atoms with E-state index in [1.54, 1.807) is 7.11 Å². The molecule has 0 bridgehead atoms. The molecule has 35 heavy (non-hydrogen) atoms. The number of allylic oxidation sites excluding steroid dienone is 1. The molecule has 0 amide bonds. The second kappa shape index (κ2) is 12.1. The van der Waals surface area contributed by atoms with Crippen LogP contribution in [0.1, 0.15) is 43.1 Å². The van der Waals surface area contributed by atoms with Crippen LogP contribution in [0.3, 0.4) is 0 Å². The number of nitrogens with one attached hydrogen (secondary N) is 2.